The number of aromatic amines is 1. The van der Waals surface area contributed by atoms with E-state index in [-0.39, 0.29) is 12.5 Å². The minimum Gasteiger partial charge on any atom is -0.393 e. The molecule has 0 saturated carbocycles. The quantitative estimate of drug-likeness (QED) is 0.754. The lowest BCUT2D eigenvalue weighted by Gasteiger charge is -2.42. The molecule has 2 heterocycles. The minimum atomic E-state index is -0.770. The first-order valence-electron chi connectivity index (χ1n) is 8.70. The van der Waals surface area contributed by atoms with Gasteiger partial charge in [-0.2, -0.15) is 0 Å². The molecule has 1 aliphatic heterocycles. The van der Waals surface area contributed by atoms with Crippen LogP contribution in [0.4, 0.5) is 0 Å². The van der Waals surface area contributed by atoms with Crippen molar-refractivity contribution in [2.75, 3.05) is 26.3 Å². The van der Waals surface area contributed by atoms with Crippen LogP contribution in [0.2, 0.25) is 0 Å². The molecule has 1 saturated heterocycles. The Labute approximate surface area is 151 Å². The fourth-order valence-electron chi connectivity index (χ4n) is 3.50. The topological polar surface area (TPSA) is 78.5 Å². The van der Waals surface area contributed by atoms with E-state index in [1.54, 1.807) is 17.3 Å². The molecule has 1 fully saturated rings. The summed E-state index contributed by atoms with van der Waals surface area (Å²) >= 11 is 0. The standard InChI is InChI=1S/C20H21N3O3/c24-13-20(11-15-4-2-1-3-5-15)12-23(8-9-26-20)19(25)16-6-7-17-18(10-16)22-14-21-17/h1-7,10,14,24H,8-9,11-13H2,(H,21,22). The zero-order valence-corrected chi connectivity index (χ0v) is 14.4. The molecule has 2 N–H and O–H groups in total. The molecule has 6 heteroatoms. The molecule has 1 unspecified atom stereocenters. The number of carbonyl (C=O) groups excluding carboxylic acids is 1. The molecule has 134 valence electrons. The molecule has 1 aromatic heterocycles. The van der Waals surface area contributed by atoms with Crippen molar-refractivity contribution in [2.24, 2.45) is 0 Å². The summed E-state index contributed by atoms with van der Waals surface area (Å²) in [6, 6.07) is 15.3. The third-order valence-electron chi connectivity index (χ3n) is 4.86. The first-order valence-corrected chi connectivity index (χ1v) is 8.70. The Morgan fingerprint density at radius 1 is 1.27 bits per heavy atom. The maximum Gasteiger partial charge on any atom is 0.254 e. The Morgan fingerprint density at radius 3 is 2.92 bits per heavy atom. The zero-order chi connectivity index (χ0) is 18.0. The molecular weight excluding hydrogens is 330 g/mol. The molecule has 1 aliphatic rings. The van der Waals surface area contributed by atoms with E-state index >= 15 is 0 Å². The Hall–Kier alpha value is -2.70. The lowest BCUT2D eigenvalue weighted by atomic mass is 9.93. The van der Waals surface area contributed by atoms with Crippen LogP contribution in [0.25, 0.3) is 11.0 Å². The monoisotopic (exact) mass is 351 g/mol. The van der Waals surface area contributed by atoms with Gasteiger partial charge in [-0.1, -0.05) is 30.3 Å². The predicted molar refractivity (Wildman–Crippen MR) is 97.9 cm³/mol. The van der Waals surface area contributed by atoms with Crippen LogP contribution in [-0.2, 0) is 11.2 Å². The van der Waals surface area contributed by atoms with Gasteiger partial charge in [0.1, 0.15) is 5.60 Å². The van der Waals surface area contributed by atoms with Gasteiger partial charge < -0.3 is 19.7 Å². The zero-order valence-electron chi connectivity index (χ0n) is 14.4. The molecular formula is C20H21N3O3. The number of carbonyl (C=O) groups is 1. The van der Waals surface area contributed by atoms with Crippen LogP contribution in [0, 0.1) is 0 Å². The number of H-pyrrole nitrogens is 1. The Bertz CT molecular complexity index is 909. The van der Waals surface area contributed by atoms with Gasteiger partial charge in [-0.3, -0.25) is 4.79 Å². The number of aromatic nitrogens is 2. The van der Waals surface area contributed by atoms with Gasteiger partial charge in [0.25, 0.3) is 5.91 Å². The highest BCUT2D eigenvalue weighted by Gasteiger charge is 2.38. The fourth-order valence-corrected chi connectivity index (χ4v) is 3.50. The number of nitrogens with zero attached hydrogens (tertiary/aromatic N) is 2. The molecule has 0 spiro atoms. The molecule has 6 nitrogen and oxygen atoms in total. The average molecular weight is 351 g/mol. The maximum atomic E-state index is 13.0. The van der Waals surface area contributed by atoms with Crippen molar-refractivity contribution < 1.29 is 14.6 Å². The number of imidazole rings is 1. The third kappa shape index (κ3) is 3.21. The van der Waals surface area contributed by atoms with Gasteiger partial charge in [-0.15, -0.1) is 0 Å². The smallest absolute Gasteiger partial charge is 0.254 e. The molecule has 2 aromatic carbocycles. The fraction of sp³-hybridized carbons (Fsp3) is 0.300. The van der Waals surface area contributed by atoms with Crippen molar-refractivity contribution in [3.05, 3.63) is 66.0 Å². The Balaban J connectivity index is 1.55. The van der Waals surface area contributed by atoms with Crippen LogP contribution in [0.5, 0.6) is 0 Å². The van der Waals surface area contributed by atoms with Crippen molar-refractivity contribution in [1.82, 2.24) is 14.9 Å². The second kappa shape index (κ2) is 6.90. The average Bonchev–Trinajstić information content (AvgIpc) is 3.16. The summed E-state index contributed by atoms with van der Waals surface area (Å²) in [5.41, 5.74) is 2.58. The maximum absolute atomic E-state index is 13.0. The third-order valence-corrected chi connectivity index (χ3v) is 4.86. The summed E-state index contributed by atoms with van der Waals surface area (Å²) in [4.78, 5) is 22.0. The molecule has 4 rings (SSSR count). The van der Waals surface area contributed by atoms with Gasteiger partial charge in [0.2, 0.25) is 0 Å². The van der Waals surface area contributed by atoms with E-state index in [2.05, 4.69) is 9.97 Å². The van der Waals surface area contributed by atoms with Crippen molar-refractivity contribution in [3.63, 3.8) is 0 Å². The summed E-state index contributed by atoms with van der Waals surface area (Å²) in [7, 11) is 0. The lowest BCUT2D eigenvalue weighted by molar-refractivity contribution is -0.123. The number of nitrogens with one attached hydrogen (secondary N) is 1. The highest BCUT2D eigenvalue weighted by Crippen LogP contribution is 2.24. The van der Waals surface area contributed by atoms with E-state index in [1.165, 1.54) is 0 Å². The number of ether oxygens (including phenoxy) is 1. The predicted octanol–water partition coefficient (Wildman–Crippen LogP) is 2.01. The lowest BCUT2D eigenvalue weighted by Crippen LogP contribution is -2.56. The van der Waals surface area contributed by atoms with E-state index in [0.29, 0.717) is 31.7 Å². The summed E-state index contributed by atoms with van der Waals surface area (Å²) in [6.07, 6.45) is 2.18. The Kier molecular flexibility index (Phi) is 4.44. The van der Waals surface area contributed by atoms with E-state index < -0.39 is 5.60 Å². The summed E-state index contributed by atoms with van der Waals surface area (Å²) in [6.45, 7) is 1.14. The molecule has 0 radical (unpaired) electrons. The number of amides is 1. The van der Waals surface area contributed by atoms with Gasteiger partial charge in [0.15, 0.2) is 0 Å². The number of morpholine rings is 1. The minimum absolute atomic E-state index is 0.0595. The molecule has 26 heavy (non-hydrogen) atoms. The van der Waals surface area contributed by atoms with E-state index in [4.69, 9.17) is 4.74 Å². The van der Waals surface area contributed by atoms with Crippen molar-refractivity contribution in [1.29, 1.82) is 0 Å². The van der Waals surface area contributed by atoms with Crippen molar-refractivity contribution >= 4 is 16.9 Å². The van der Waals surface area contributed by atoms with Crippen LogP contribution in [0.1, 0.15) is 15.9 Å². The second-order valence-corrected chi connectivity index (χ2v) is 6.71. The van der Waals surface area contributed by atoms with Crippen molar-refractivity contribution in [3.8, 4) is 0 Å². The highest BCUT2D eigenvalue weighted by molar-refractivity contribution is 5.97. The van der Waals surface area contributed by atoms with Crippen LogP contribution in [0.15, 0.2) is 54.9 Å². The van der Waals surface area contributed by atoms with E-state index in [9.17, 15) is 9.90 Å². The number of benzene rings is 2. The summed E-state index contributed by atoms with van der Waals surface area (Å²) in [5, 5.41) is 10.0. The van der Waals surface area contributed by atoms with Gasteiger partial charge >= 0.3 is 0 Å². The molecule has 0 bridgehead atoms. The van der Waals surface area contributed by atoms with E-state index in [0.717, 1.165) is 16.6 Å². The number of hydrogen-bond donors (Lipinski definition) is 2. The molecule has 3 aromatic rings. The van der Waals surface area contributed by atoms with Crippen LogP contribution < -0.4 is 0 Å². The normalized spacial score (nSPS) is 20.4. The molecule has 0 aliphatic carbocycles. The van der Waals surface area contributed by atoms with Gasteiger partial charge in [0, 0.05) is 18.5 Å². The largest absolute Gasteiger partial charge is 0.393 e. The number of aliphatic hydroxyl groups excluding tert-OH is 1. The first kappa shape index (κ1) is 16.8. The van der Waals surface area contributed by atoms with Crippen molar-refractivity contribution in [2.45, 2.75) is 12.0 Å². The van der Waals surface area contributed by atoms with Gasteiger partial charge in [-0.25, -0.2) is 4.98 Å². The van der Waals surface area contributed by atoms with E-state index in [1.807, 2.05) is 42.5 Å². The number of fused-ring (bicyclic) bond motifs is 1. The van der Waals surface area contributed by atoms with Crippen LogP contribution in [-0.4, -0.2) is 57.8 Å². The number of aliphatic hydroxyl groups is 1. The second-order valence-electron chi connectivity index (χ2n) is 6.71. The Morgan fingerprint density at radius 2 is 2.12 bits per heavy atom. The summed E-state index contributed by atoms with van der Waals surface area (Å²) in [5.74, 6) is -0.0595. The highest BCUT2D eigenvalue weighted by atomic mass is 16.5. The van der Waals surface area contributed by atoms with Gasteiger partial charge in [0.05, 0.1) is 37.1 Å². The van der Waals surface area contributed by atoms with Gasteiger partial charge in [-0.05, 0) is 23.8 Å². The number of rotatable bonds is 4. The van der Waals surface area contributed by atoms with Crippen LogP contribution >= 0.6 is 0 Å². The SMILES string of the molecule is O=C(c1ccc2nc[nH]c2c1)N1CCOC(CO)(Cc2ccccc2)C1. The summed E-state index contributed by atoms with van der Waals surface area (Å²) < 4.78 is 5.93. The number of hydrogen-bond acceptors (Lipinski definition) is 4. The van der Waals surface area contributed by atoms with Crippen LogP contribution in [0.3, 0.4) is 0 Å². The first-order chi connectivity index (χ1) is 12.7. The molecule has 1 amide bonds. The molecule has 1 atom stereocenters.